The predicted octanol–water partition coefficient (Wildman–Crippen LogP) is 3.67. The summed E-state index contributed by atoms with van der Waals surface area (Å²) < 4.78 is 0. The lowest BCUT2D eigenvalue weighted by molar-refractivity contribution is 0.198. The average Bonchev–Trinajstić information content (AvgIpc) is 2.04. The monoisotopic (exact) mass is 348 g/mol. The fourth-order valence-electron chi connectivity index (χ4n) is 5.77. The molecular weight excluding hydrogens is 309 g/mol. The third-order valence-electron chi connectivity index (χ3n) is 4.91. The molecule has 0 aliphatic carbocycles. The maximum Gasteiger partial charge on any atom is 0.0740 e. The second-order valence-electron chi connectivity index (χ2n) is 9.86. The third-order valence-corrected chi connectivity index (χ3v) is 77.9. The second-order valence-corrected chi connectivity index (χ2v) is 50.6. The van der Waals surface area contributed by atoms with Gasteiger partial charge in [0.2, 0.25) is 0 Å². The fraction of sp³-hybridized carbons (Fsp3) is 1.00. The maximum atomic E-state index is 2.68. The number of hydrogen-bond acceptors (Lipinski definition) is 2. The van der Waals surface area contributed by atoms with Crippen molar-refractivity contribution in [3.63, 3.8) is 0 Å². The van der Waals surface area contributed by atoms with Crippen molar-refractivity contribution in [1.82, 2.24) is 9.80 Å². The first-order valence-electron chi connectivity index (χ1n) is 7.84. The third kappa shape index (κ3) is 3.40. The van der Waals surface area contributed by atoms with E-state index in [4.69, 9.17) is 0 Å². The average molecular weight is 349 g/mol. The van der Waals surface area contributed by atoms with Crippen LogP contribution in [0, 0.1) is 0 Å². The highest BCUT2D eigenvalue weighted by atomic mass is 29.9. The minimum absolute atomic E-state index is 0.701. The lowest BCUT2D eigenvalue weighted by Crippen LogP contribution is -2.91. The molecule has 0 aromatic rings. The second kappa shape index (κ2) is 6.12. The van der Waals surface area contributed by atoms with E-state index in [1.807, 2.05) is 0 Å². The van der Waals surface area contributed by atoms with Crippen LogP contribution in [0.25, 0.3) is 0 Å². The molecular formula is C14H40N2Si4. The van der Waals surface area contributed by atoms with E-state index in [-0.39, 0.29) is 0 Å². The Labute approximate surface area is 132 Å². The van der Waals surface area contributed by atoms with Crippen molar-refractivity contribution >= 4 is 29.4 Å². The molecule has 0 saturated heterocycles. The van der Waals surface area contributed by atoms with Gasteiger partial charge in [-0.2, -0.15) is 0 Å². The van der Waals surface area contributed by atoms with Crippen LogP contribution in [-0.4, -0.2) is 73.2 Å². The van der Waals surface area contributed by atoms with Gasteiger partial charge >= 0.3 is 0 Å². The molecule has 0 radical (unpaired) electrons. The molecule has 0 unspecified atom stereocenters. The summed E-state index contributed by atoms with van der Waals surface area (Å²) in [6.45, 7) is 22.7. The van der Waals surface area contributed by atoms with Crippen LogP contribution in [0.3, 0.4) is 0 Å². The summed E-state index contributed by atoms with van der Waals surface area (Å²) in [7, 11) is 5.60. The predicted molar refractivity (Wildman–Crippen MR) is 107 cm³/mol. The summed E-state index contributed by atoms with van der Waals surface area (Å²) in [5.74, 6) is 0.701. The van der Waals surface area contributed by atoms with Gasteiger partial charge < -0.3 is 0 Å². The fourth-order valence-corrected chi connectivity index (χ4v) is 109. The van der Waals surface area contributed by atoms with E-state index in [9.17, 15) is 0 Å². The first-order valence-corrected chi connectivity index (χ1v) is 23.4. The van der Waals surface area contributed by atoms with E-state index in [1.54, 1.807) is 0 Å². The van der Waals surface area contributed by atoms with E-state index < -0.39 is 29.4 Å². The molecule has 0 spiro atoms. The molecule has 0 aromatic heterocycles. The van der Waals surface area contributed by atoms with Gasteiger partial charge in [0, 0.05) is 28.6 Å². The van der Waals surface area contributed by atoms with Gasteiger partial charge in [-0.25, -0.2) is 0 Å². The SMILES string of the molecule is CN(C)C(N(C)C)[Si]([Si](C)(C)C)([Si](C)(C)C)[Si](C)(C)C. The van der Waals surface area contributed by atoms with Gasteiger partial charge in [0.1, 0.15) is 0 Å². The van der Waals surface area contributed by atoms with Crippen LogP contribution in [0.4, 0.5) is 0 Å². The van der Waals surface area contributed by atoms with Crippen LogP contribution in [-0.2, 0) is 0 Å². The van der Waals surface area contributed by atoms with E-state index in [0.29, 0.717) is 5.79 Å². The van der Waals surface area contributed by atoms with Gasteiger partial charge in [-0.1, -0.05) is 58.9 Å². The van der Waals surface area contributed by atoms with Crippen LogP contribution in [0.2, 0.25) is 58.9 Å². The summed E-state index contributed by atoms with van der Waals surface area (Å²) in [5.41, 5.74) is 0. The minimum atomic E-state index is -1.39. The standard InChI is InChI=1S/C14H40N2Si4/c1-15(2)14(16(3)4)20(17(5,6)7,18(8,9)10)19(11,12)13/h14H,1-13H3. The van der Waals surface area contributed by atoms with E-state index in [2.05, 4.69) is 96.9 Å². The number of rotatable bonds is 6. The molecule has 0 aliphatic rings. The molecule has 0 N–H and O–H groups in total. The summed E-state index contributed by atoms with van der Waals surface area (Å²) in [6.07, 6.45) is 0. The van der Waals surface area contributed by atoms with E-state index in [0.717, 1.165) is 0 Å². The van der Waals surface area contributed by atoms with Crippen LogP contribution < -0.4 is 0 Å². The highest BCUT2D eigenvalue weighted by Crippen LogP contribution is 2.41. The lowest BCUT2D eigenvalue weighted by atomic mass is 10.8. The zero-order valence-corrected chi connectivity index (χ0v) is 20.5. The summed E-state index contributed by atoms with van der Waals surface area (Å²) in [5, 5.41) is 0. The Balaban J connectivity index is 6.60. The van der Waals surface area contributed by atoms with E-state index in [1.165, 1.54) is 0 Å². The number of nitrogens with zero attached hydrogens (tertiary/aromatic N) is 2. The Morgan fingerprint density at radius 1 is 0.500 bits per heavy atom. The highest BCUT2D eigenvalue weighted by molar-refractivity contribution is 7.89. The Kier molecular flexibility index (Phi) is 6.36. The Morgan fingerprint density at radius 2 is 0.700 bits per heavy atom. The van der Waals surface area contributed by atoms with Crippen molar-refractivity contribution in [3.8, 4) is 0 Å². The molecule has 0 fully saturated rings. The molecule has 0 aliphatic heterocycles. The van der Waals surface area contributed by atoms with Crippen LogP contribution >= 0.6 is 0 Å². The summed E-state index contributed by atoms with van der Waals surface area (Å²) >= 11 is 0. The summed E-state index contributed by atoms with van der Waals surface area (Å²) in [6, 6.07) is 0. The van der Waals surface area contributed by atoms with Crippen LogP contribution in [0.1, 0.15) is 0 Å². The molecule has 6 heteroatoms. The van der Waals surface area contributed by atoms with E-state index >= 15 is 0 Å². The maximum absolute atomic E-state index is 2.68. The first kappa shape index (κ1) is 20.8. The zero-order chi connectivity index (χ0) is 16.7. The lowest BCUT2D eigenvalue weighted by Gasteiger charge is -2.63. The Bertz CT molecular complexity index is 277. The summed E-state index contributed by atoms with van der Waals surface area (Å²) in [4.78, 5) is 5.11. The van der Waals surface area contributed by atoms with Crippen LogP contribution in [0.15, 0.2) is 0 Å². The van der Waals surface area contributed by atoms with Gasteiger partial charge in [-0.15, -0.1) is 0 Å². The molecule has 0 amide bonds. The minimum Gasteiger partial charge on any atom is -0.298 e. The Morgan fingerprint density at radius 3 is 0.750 bits per heavy atom. The smallest absolute Gasteiger partial charge is 0.0740 e. The quantitative estimate of drug-likeness (QED) is 0.534. The molecule has 0 atom stereocenters. The van der Waals surface area contributed by atoms with Crippen molar-refractivity contribution < 1.29 is 0 Å². The van der Waals surface area contributed by atoms with Crippen molar-refractivity contribution in [2.45, 2.75) is 64.7 Å². The number of hydrogen-bond donors (Lipinski definition) is 0. The van der Waals surface area contributed by atoms with Crippen molar-refractivity contribution in [2.24, 2.45) is 0 Å². The van der Waals surface area contributed by atoms with Gasteiger partial charge in [0.25, 0.3) is 0 Å². The largest absolute Gasteiger partial charge is 0.298 e. The Hall–Kier alpha value is 0.788. The molecule has 0 rings (SSSR count). The van der Waals surface area contributed by atoms with Gasteiger partial charge in [-0.05, 0) is 28.2 Å². The highest BCUT2D eigenvalue weighted by Gasteiger charge is 2.66. The van der Waals surface area contributed by atoms with Crippen molar-refractivity contribution in [1.29, 1.82) is 0 Å². The molecule has 0 bridgehead atoms. The van der Waals surface area contributed by atoms with Crippen LogP contribution in [0.5, 0.6) is 0 Å². The zero-order valence-electron chi connectivity index (χ0n) is 16.5. The van der Waals surface area contributed by atoms with Gasteiger partial charge in [0.15, 0.2) is 0 Å². The van der Waals surface area contributed by atoms with Crippen molar-refractivity contribution in [3.05, 3.63) is 0 Å². The first-order chi connectivity index (χ1) is 8.51. The molecule has 2 nitrogen and oxygen atoms in total. The normalized spacial score (nSPS) is 15.6. The molecule has 122 valence electrons. The molecule has 0 heterocycles. The van der Waals surface area contributed by atoms with Gasteiger partial charge in [-0.3, -0.25) is 9.80 Å². The molecule has 0 aromatic carbocycles. The van der Waals surface area contributed by atoms with Gasteiger partial charge in [0.05, 0.1) is 6.63 Å². The molecule has 0 saturated carbocycles. The molecule has 20 heavy (non-hydrogen) atoms. The van der Waals surface area contributed by atoms with Crippen molar-refractivity contribution in [2.75, 3.05) is 28.2 Å². The topological polar surface area (TPSA) is 6.48 Å².